The molecule has 5 heteroatoms. The van der Waals surface area contributed by atoms with E-state index in [0.29, 0.717) is 0 Å². The van der Waals surface area contributed by atoms with Gasteiger partial charge in [0.1, 0.15) is 10.1 Å². The Morgan fingerprint density at radius 2 is 2.12 bits per heavy atom. The minimum absolute atomic E-state index is 0.0181. The highest BCUT2D eigenvalue weighted by molar-refractivity contribution is 9.10. The third kappa shape index (κ3) is 3.28. The highest BCUT2D eigenvalue weighted by atomic mass is 79.9. The highest BCUT2D eigenvalue weighted by Gasteiger charge is 2.06. The van der Waals surface area contributed by atoms with Gasteiger partial charge in [0.2, 0.25) is 0 Å². The predicted molar refractivity (Wildman–Crippen MR) is 72.9 cm³/mol. The molecule has 0 fully saturated rings. The molecule has 2 N–H and O–H groups in total. The van der Waals surface area contributed by atoms with Gasteiger partial charge < -0.3 is 5.73 Å². The van der Waals surface area contributed by atoms with Crippen molar-refractivity contribution in [3.63, 3.8) is 0 Å². The van der Waals surface area contributed by atoms with Gasteiger partial charge in [-0.15, -0.1) is 0 Å². The van der Waals surface area contributed by atoms with E-state index in [9.17, 15) is 0 Å². The molecule has 0 radical (unpaired) electrons. The summed E-state index contributed by atoms with van der Waals surface area (Å²) in [4.78, 5) is 8.60. The quantitative estimate of drug-likeness (QED) is 0.944. The van der Waals surface area contributed by atoms with Crippen LogP contribution in [0, 0.1) is 0 Å². The van der Waals surface area contributed by atoms with Crippen LogP contribution >= 0.6 is 27.7 Å². The first-order chi connectivity index (χ1) is 8.16. The van der Waals surface area contributed by atoms with Crippen molar-refractivity contribution in [2.75, 3.05) is 0 Å². The smallest absolute Gasteiger partial charge is 0.116 e. The lowest BCUT2D eigenvalue weighted by molar-refractivity contribution is 0.808. The first kappa shape index (κ1) is 12.5. The van der Waals surface area contributed by atoms with E-state index in [1.807, 2.05) is 31.2 Å². The van der Waals surface area contributed by atoms with Crippen LogP contribution in [0.2, 0.25) is 0 Å². The van der Waals surface area contributed by atoms with Crippen LogP contribution in [0.25, 0.3) is 0 Å². The van der Waals surface area contributed by atoms with Gasteiger partial charge in [0.15, 0.2) is 0 Å². The molecule has 2 aromatic rings. The maximum absolute atomic E-state index is 5.84. The summed E-state index contributed by atoms with van der Waals surface area (Å²) in [6.07, 6.45) is 3.54. The Hall–Kier alpha value is -0.910. The lowest BCUT2D eigenvalue weighted by Crippen LogP contribution is -2.04. The van der Waals surface area contributed by atoms with Crippen LogP contribution in [0.3, 0.4) is 0 Å². The standard InChI is InChI=1S/C12H12BrN3S/c1-8(14)9-4-6-15-11(7-9)17-12-10(13)3-2-5-16-12/h2-8H,14H2,1H3/t8-/m1/s1. The third-order valence-corrected chi connectivity index (χ3v) is 4.06. The molecule has 2 rings (SSSR count). The second-order valence-corrected chi connectivity index (χ2v) is 5.47. The molecule has 1 atom stereocenters. The van der Waals surface area contributed by atoms with E-state index in [4.69, 9.17) is 5.73 Å². The van der Waals surface area contributed by atoms with Crippen LogP contribution in [0.1, 0.15) is 18.5 Å². The lowest BCUT2D eigenvalue weighted by atomic mass is 10.1. The molecule has 0 aromatic carbocycles. The van der Waals surface area contributed by atoms with E-state index < -0.39 is 0 Å². The summed E-state index contributed by atoms with van der Waals surface area (Å²) in [7, 11) is 0. The van der Waals surface area contributed by atoms with Crippen molar-refractivity contribution >= 4 is 27.7 Å². The summed E-state index contributed by atoms with van der Waals surface area (Å²) in [6, 6.07) is 7.80. The molecular formula is C12H12BrN3S. The number of nitrogens with two attached hydrogens (primary N) is 1. The molecule has 0 aliphatic rings. The summed E-state index contributed by atoms with van der Waals surface area (Å²) < 4.78 is 0.970. The van der Waals surface area contributed by atoms with Crippen LogP contribution < -0.4 is 5.73 Å². The molecule has 0 saturated heterocycles. The van der Waals surface area contributed by atoms with Crippen molar-refractivity contribution < 1.29 is 0 Å². The Bertz CT molecular complexity index is 517. The van der Waals surface area contributed by atoms with Gasteiger partial charge in [-0.25, -0.2) is 9.97 Å². The molecule has 0 bridgehead atoms. The SMILES string of the molecule is C[C@@H](N)c1ccnc(Sc2ncccc2Br)c1. The lowest BCUT2D eigenvalue weighted by Gasteiger charge is -2.07. The van der Waals surface area contributed by atoms with Crippen LogP contribution in [0.4, 0.5) is 0 Å². The number of hydrogen-bond acceptors (Lipinski definition) is 4. The molecule has 17 heavy (non-hydrogen) atoms. The molecule has 0 spiro atoms. The summed E-state index contributed by atoms with van der Waals surface area (Å²) >= 11 is 4.99. The molecule has 0 aliphatic heterocycles. The maximum Gasteiger partial charge on any atom is 0.116 e. The molecule has 0 aliphatic carbocycles. The van der Waals surface area contributed by atoms with Crippen LogP contribution in [-0.4, -0.2) is 9.97 Å². The summed E-state index contributed by atoms with van der Waals surface area (Å²) in [5.41, 5.74) is 6.92. The Morgan fingerprint density at radius 3 is 2.82 bits per heavy atom. The normalized spacial score (nSPS) is 12.4. The summed E-state index contributed by atoms with van der Waals surface area (Å²) in [5, 5.41) is 1.81. The monoisotopic (exact) mass is 309 g/mol. The van der Waals surface area contributed by atoms with E-state index in [2.05, 4.69) is 25.9 Å². The van der Waals surface area contributed by atoms with E-state index >= 15 is 0 Å². The molecule has 0 unspecified atom stereocenters. The zero-order valence-electron chi connectivity index (χ0n) is 9.30. The van der Waals surface area contributed by atoms with Crippen molar-refractivity contribution in [1.82, 2.24) is 9.97 Å². The van der Waals surface area contributed by atoms with Crippen LogP contribution in [0.5, 0.6) is 0 Å². The predicted octanol–water partition coefficient (Wildman–Crippen LogP) is 3.41. The van der Waals surface area contributed by atoms with Gasteiger partial charge in [0.05, 0.1) is 4.47 Å². The highest BCUT2D eigenvalue weighted by Crippen LogP contribution is 2.30. The molecule has 2 aromatic heterocycles. The molecule has 2 heterocycles. The molecule has 88 valence electrons. The van der Waals surface area contributed by atoms with Crippen molar-refractivity contribution in [3.05, 3.63) is 46.7 Å². The third-order valence-electron chi connectivity index (χ3n) is 2.21. The van der Waals surface area contributed by atoms with E-state index in [-0.39, 0.29) is 6.04 Å². The van der Waals surface area contributed by atoms with Gasteiger partial charge in [0, 0.05) is 18.4 Å². The Kier molecular flexibility index (Phi) is 4.15. The fourth-order valence-electron chi connectivity index (χ4n) is 1.31. The fraction of sp³-hybridized carbons (Fsp3) is 0.167. The fourth-order valence-corrected chi connectivity index (χ4v) is 2.59. The minimum Gasteiger partial charge on any atom is -0.324 e. The summed E-state index contributed by atoms with van der Waals surface area (Å²) in [5.74, 6) is 0. The molecule has 3 nitrogen and oxygen atoms in total. The number of rotatable bonds is 3. The van der Waals surface area contributed by atoms with Gasteiger partial charge in [-0.2, -0.15) is 0 Å². The zero-order valence-corrected chi connectivity index (χ0v) is 11.7. The number of nitrogens with zero attached hydrogens (tertiary/aromatic N) is 2. The first-order valence-corrected chi connectivity index (χ1v) is 6.77. The van der Waals surface area contributed by atoms with Crippen molar-refractivity contribution in [3.8, 4) is 0 Å². The minimum atomic E-state index is 0.0181. The van der Waals surface area contributed by atoms with E-state index in [1.54, 1.807) is 12.4 Å². The average Bonchev–Trinajstić information content (AvgIpc) is 2.32. The average molecular weight is 310 g/mol. The Balaban J connectivity index is 2.25. The topological polar surface area (TPSA) is 51.8 Å². The van der Waals surface area contributed by atoms with Gasteiger partial charge in [-0.1, -0.05) is 0 Å². The van der Waals surface area contributed by atoms with Gasteiger partial charge in [-0.3, -0.25) is 0 Å². The van der Waals surface area contributed by atoms with E-state index in [0.717, 1.165) is 20.1 Å². The van der Waals surface area contributed by atoms with Crippen molar-refractivity contribution in [2.24, 2.45) is 5.73 Å². The van der Waals surface area contributed by atoms with Crippen LogP contribution in [-0.2, 0) is 0 Å². The van der Waals surface area contributed by atoms with Crippen LogP contribution in [0.15, 0.2) is 51.2 Å². The first-order valence-electron chi connectivity index (χ1n) is 5.16. The van der Waals surface area contributed by atoms with Crippen molar-refractivity contribution in [2.45, 2.75) is 23.0 Å². The number of hydrogen-bond donors (Lipinski definition) is 1. The van der Waals surface area contributed by atoms with Crippen molar-refractivity contribution in [1.29, 1.82) is 0 Å². The molecular weight excluding hydrogens is 298 g/mol. The molecule has 0 amide bonds. The van der Waals surface area contributed by atoms with E-state index in [1.165, 1.54) is 11.8 Å². The largest absolute Gasteiger partial charge is 0.324 e. The maximum atomic E-state index is 5.84. The Labute approximate surface area is 113 Å². The second kappa shape index (κ2) is 5.62. The zero-order chi connectivity index (χ0) is 12.3. The van der Waals surface area contributed by atoms with Gasteiger partial charge >= 0.3 is 0 Å². The molecule has 0 saturated carbocycles. The van der Waals surface area contributed by atoms with Gasteiger partial charge in [-0.05, 0) is 64.4 Å². The van der Waals surface area contributed by atoms with Gasteiger partial charge in [0.25, 0.3) is 0 Å². The number of halogens is 1. The Morgan fingerprint density at radius 1 is 1.29 bits per heavy atom. The second-order valence-electron chi connectivity index (χ2n) is 3.61. The number of pyridine rings is 2. The number of aromatic nitrogens is 2. The summed E-state index contributed by atoms with van der Waals surface area (Å²) in [6.45, 7) is 1.96.